The van der Waals surface area contributed by atoms with Crippen molar-refractivity contribution in [3.63, 3.8) is 0 Å². The Morgan fingerprint density at radius 3 is 2.68 bits per heavy atom. The Bertz CT molecular complexity index is 1520. The second kappa shape index (κ2) is 8.42. The molecule has 4 aromatic heterocycles. The van der Waals surface area contributed by atoms with Crippen LogP contribution in [0.3, 0.4) is 0 Å². The molecule has 0 saturated heterocycles. The maximum absolute atomic E-state index is 4.83. The first-order chi connectivity index (χ1) is 18.6. The Kier molecular flexibility index (Phi) is 4.95. The molecule has 5 aliphatic rings. The highest BCUT2D eigenvalue weighted by atomic mass is 15.7. The van der Waals surface area contributed by atoms with Crippen LogP contribution in [0.25, 0.3) is 17.0 Å². The minimum Gasteiger partial charge on any atom is -0.322 e. The van der Waals surface area contributed by atoms with E-state index in [0.717, 1.165) is 60.4 Å². The third-order valence-corrected chi connectivity index (χ3v) is 8.72. The van der Waals surface area contributed by atoms with Gasteiger partial charge in [0.2, 0.25) is 0 Å². The van der Waals surface area contributed by atoms with Crippen LogP contribution in [0.4, 0.5) is 0 Å². The Hall–Kier alpha value is -3.66. The van der Waals surface area contributed by atoms with E-state index in [0.29, 0.717) is 12.0 Å². The molecule has 38 heavy (non-hydrogen) atoms. The van der Waals surface area contributed by atoms with Crippen LogP contribution in [-0.2, 0) is 26.2 Å². The molecule has 6 heterocycles. The van der Waals surface area contributed by atoms with Gasteiger partial charge in [0.25, 0.3) is 0 Å². The smallest absolute Gasteiger partial charge is 0.137 e. The van der Waals surface area contributed by atoms with Crippen LogP contribution >= 0.6 is 0 Å². The zero-order chi connectivity index (χ0) is 25.3. The molecule has 3 fully saturated rings. The quantitative estimate of drug-likeness (QED) is 0.338. The summed E-state index contributed by atoms with van der Waals surface area (Å²) in [4.78, 5) is 11.7. The summed E-state index contributed by atoms with van der Waals surface area (Å²) in [7, 11) is 2.16. The number of aromatic nitrogens is 4. The molecule has 9 heteroatoms. The Morgan fingerprint density at radius 2 is 1.89 bits per heavy atom. The molecule has 3 saturated carbocycles. The van der Waals surface area contributed by atoms with Gasteiger partial charge in [0.15, 0.2) is 0 Å². The summed E-state index contributed by atoms with van der Waals surface area (Å²) >= 11 is 0. The third-order valence-electron chi connectivity index (χ3n) is 8.72. The molecule has 3 aliphatic carbocycles. The van der Waals surface area contributed by atoms with E-state index in [1.54, 1.807) is 0 Å². The number of nitrogens with one attached hydrogen (secondary N) is 3. The van der Waals surface area contributed by atoms with Crippen LogP contribution in [0.1, 0.15) is 47.2 Å². The lowest BCUT2D eigenvalue weighted by Gasteiger charge is -2.62. The summed E-state index contributed by atoms with van der Waals surface area (Å²) in [6, 6.07) is 6.47. The van der Waals surface area contributed by atoms with Gasteiger partial charge in [-0.25, -0.2) is 4.98 Å². The van der Waals surface area contributed by atoms with E-state index in [4.69, 9.17) is 4.98 Å². The third kappa shape index (κ3) is 3.89. The van der Waals surface area contributed by atoms with Crippen LogP contribution in [0.15, 0.2) is 61.6 Å². The number of nitrogens with zero attached hydrogens (tertiary/aromatic N) is 6. The van der Waals surface area contributed by atoms with E-state index in [2.05, 4.69) is 91.4 Å². The fourth-order valence-corrected chi connectivity index (χ4v) is 6.70. The zero-order valence-electron chi connectivity index (χ0n) is 21.7. The molecule has 0 unspecified atom stereocenters. The van der Waals surface area contributed by atoms with Crippen LogP contribution in [0, 0.1) is 11.3 Å². The Morgan fingerprint density at radius 1 is 1.05 bits per heavy atom. The number of rotatable bonds is 8. The highest BCUT2D eigenvalue weighted by Gasteiger charge is 2.55. The molecule has 2 aliphatic heterocycles. The number of hydrogen-bond acceptors (Lipinski definition) is 7. The van der Waals surface area contributed by atoms with Crippen molar-refractivity contribution in [1.82, 2.24) is 45.1 Å². The second-order valence-electron chi connectivity index (χ2n) is 11.8. The van der Waals surface area contributed by atoms with Crippen LogP contribution in [0.2, 0.25) is 0 Å². The first kappa shape index (κ1) is 22.3. The van der Waals surface area contributed by atoms with E-state index in [1.807, 2.05) is 17.4 Å². The molecule has 3 N–H and O–H groups in total. The zero-order valence-corrected chi connectivity index (χ0v) is 21.7. The molecule has 0 spiro atoms. The van der Waals surface area contributed by atoms with Gasteiger partial charge in [-0.2, -0.15) is 0 Å². The number of pyridine rings is 2. The summed E-state index contributed by atoms with van der Waals surface area (Å²) in [6.07, 6.45) is 19.0. The highest BCUT2D eigenvalue weighted by Crippen LogP contribution is 2.63. The van der Waals surface area contributed by atoms with Gasteiger partial charge in [0.05, 0.1) is 29.8 Å². The number of imidazole rings is 1. The summed E-state index contributed by atoms with van der Waals surface area (Å²) < 4.78 is 4.33. The van der Waals surface area contributed by atoms with Crippen molar-refractivity contribution in [3.05, 3.63) is 89.5 Å². The summed E-state index contributed by atoms with van der Waals surface area (Å²) in [5, 5.41) is 5.71. The molecule has 0 atom stereocenters. The highest BCUT2D eigenvalue weighted by molar-refractivity contribution is 5.65. The van der Waals surface area contributed by atoms with Gasteiger partial charge in [0.1, 0.15) is 5.65 Å². The van der Waals surface area contributed by atoms with Gasteiger partial charge in [-0.05, 0) is 66.5 Å². The summed E-state index contributed by atoms with van der Waals surface area (Å²) in [5.74, 6) is 1.04. The van der Waals surface area contributed by atoms with Gasteiger partial charge in [-0.15, -0.1) is 5.53 Å². The lowest BCUT2D eigenvalue weighted by Crippen LogP contribution is -2.56. The fourth-order valence-electron chi connectivity index (χ4n) is 6.70. The van der Waals surface area contributed by atoms with Crippen molar-refractivity contribution < 1.29 is 0 Å². The molecule has 0 aromatic carbocycles. The molecular formula is C29H33N9. The summed E-state index contributed by atoms with van der Waals surface area (Å²) in [6.45, 7) is 4.73. The molecule has 0 radical (unpaired) electrons. The summed E-state index contributed by atoms with van der Waals surface area (Å²) in [5.41, 5.74) is 16.3. The topological polar surface area (TPSA) is 77.7 Å². The van der Waals surface area contributed by atoms with E-state index in [-0.39, 0.29) is 0 Å². The van der Waals surface area contributed by atoms with Crippen molar-refractivity contribution in [2.45, 2.75) is 45.4 Å². The molecular weight excluding hydrogens is 474 g/mol. The minimum absolute atomic E-state index is 0.636. The van der Waals surface area contributed by atoms with Gasteiger partial charge in [-0.3, -0.25) is 14.9 Å². The van der Waals surface area contributed by atoms with Crippen LogP contribution < -0.4 is 16.3 Å². The van der Waals surface area contributed by atoms with Crippen LogP contribution in [0.5, 0.6) is 0 Å². The molecule has 9 rings (SSSR count). The van der Waals surface area contributed by atoms with Crippen molar-refractivity contribution in [1.29, 1.82) is 0 Å². The van der Waals surface area contributed by atoms with E-state index >= 15 is 0 Å². The maximum atomic E-state index is 4.83. The predicted octanol–water partition coefficient (Wildman–Crippen LogP) is 3.18. The maximum Gasteiger partial charge on any atom is 0.137 e. The lowest BCUT2D eigenvalue weighted by molar-refractivity contribution is -0.103. The Labute approximate surface area is 222 Å². The van der Waals surface area contributed by atoms with Gasteiger partial charge < -0.3 is 19.7 Å². The number of fused-ring (bicyclic) bond motifs is 2. The largest absolute Gasteiger partial charge is 0.322 e. The fraction of sp³-hybridized carbons (Fsp3) is 0.379. The SMILES string of the molecule is CN1Cc2cn(-c3cncc(C4=CN(Cc5cn6cc(CNCC78CC(C7)C8)ccc6n5)NN4)c3)cc2C1. The number of hydrazine groups is 2. The van der Waals surface area contributed by atoms with Crippen LogP contribution in [-0.4, -0.2) is 42.4 Å². The first-order valence-corrected chi connectivity index (χ1v) is 13.6. The molecule has 9 nitrogen and oxygen atoms in total. The van der Waals surface area contributed by atoms with E-state index in [1.165, 1.54) is 36.0 Å². The van der Waals surface area contributed by atoms with Gasteiger partial charge in [-0.1, -0.05) is 6.07 Å². The minimum atomic E-state index is 0.636. The van der Waals surface area contributed by atoms with Gasteiger partial charge >= 0.3 is 0 Å². The number of hydrogen-bond donors (Lipinski definition) is 3. The lowest BCUT2D eigenvalue weighted by atomic mass is 9.44. The second-order valence-corrected chi connectivity index (χ2v) is 11.8. The average Bonchev–Trinajstić information content (AvgIpc) is 3.63. The normalized spacial score (nSPS) is 23.8. The van der Waals surface area contributed by atoms with Crippen molar-refractivity contribution in [2.24, 2.45) is 11.3 Å². The Balaban J connectivity index is 0.934. The first-order valence-electron chi connectivity index (χ1n) is 13.6. The molecule has 2 bridgehead atoms. The standard InChI is InChI=1S/C29H33N9/c1-35-12-23-14-36(15-24(23)13-35)26-4-22(9-30-10-26)27-18-38(34-33-27)17-25-16-37-11-20(2-3-28(37)32-25)8-31-19-29-5-21(6-29)7-29/h2-4,9-11,14-16,18,21,31,33-34H,5-8,12-13,17,19H2,1H3. The average molecular weight is 508 g/mol. The van der Waals surface area contributed by atoms with E-state index in [9.17, 15) is 0 Å². The van der Waals surface area contributed by atoms with Crippen molar-refractivity contribution >= 4 is 11.3 Å². The monoisotopic (exact) mass is 507 g/mol. The van der Waals surface area contributed by atoms with E-state index < -0.39 is 0 Å². The predicted molar refractivity (Wildman–Crippen MR) is 145 cm³/mol. The van der Waals surface area contributed by atoms with Crippen molar-refractivity contribution in [3.8, 4) is 5.69 Å². The van der Waals surface area contributed by atoms with Gasteiger partial charge in [0, 0.05) is 68.9 Å². The van der Waals surface area contributed by atoms with Crippen molar-refractivity contribution in [2.75, 3.05) is 13.6 Å². The molecule has 194 valence electrons. The molecule has 4 aromatic rings. The molecule has 0 amide bonds.